The molecule has 0 radical (unpaired) electrons. The maximum atomic E-state index is 11.3. The van der Waals surface area contributed by atoms with Crippen LogP contribution in [-0.2, 0) is 31.1 Å². The molecule has 0 aromatic heterocycles. The topological polar surface area (TPSA) is 88.4 Å². The molecule has 2 aromatic carbocycles. The number of phenolic OH excluding ortho intramolecular Hbond substituents is 1. The minimum absolute atomic E-state index is 0.0943. The molecule has 0 saturated carbocycles. The minimum atomic E-state index is -1.37. The predicted molar refractivity (Wildman–Crippen MR) is 195 cm³/mol. The van der Waals surface area contributed by atoms with E-state index in [1.54, 1.807) is 6.92 Å². The van der Waals surface area contributed by atoms with Gasteiger partial charge in [-0.15, -0.1) is 23.5 Å². The van der Waals surface area contributed by atoms with Gasteiger partial charge in [0.1, 0.15) is 18.1 Å². The van der Waals surface area contributed by atoms with E-state index < -0.39 is 12.6 Å². The Labute approximate surface area is 288 Å². The third-order valence-corrected chi connectivity index (χ3v) is 10.0. The average Bonchev–Trinajstić information content (AvgIpc) is 2.85. The van der Waals surface area contributed by atoms with Crippen LogP contribution < -0.4 is 4.74 Å². The van der Waals surface area contributed by atoms with E-state index in [-0.39, 0.29) is 39.0 Å². The Balaban J connectivity index is 2.57. The summed E-state index contributed by atoms with van der Waals surface area (Å²) in [6.07, 6.45) is -0.234. The van der Waals surface area contributed by atoms with Gasteiger partial charge in [0.2, 0.25) is 0 Å². The first kappa shape index (κ1) is 40.8. The zero-order valence-electron chi connectivity index (χ0n) is 31.2. The van der Waals surface area contributed by atoms with Gasteiger partial charge in [0.05, 0.1) is 10.2 Å². The number of ether oxygens (including phenoxy) is 3. The average molecular weight is 679 g/mol. The molecule has 0 heterocycles. The van der Waals surface area contributed by atoms with Crippen LogP contribution in [0.1, 0.15) is 133 Å². The van der Waals surface area contributed by atoms with Crippen molar-refractivity contribution in [2.45, 2.75) is 158 Å². The Hall–Kier alpha value is -1.42. The summed E-state index contributed by atoms with van der Waals surface area (Å²) >= 11 is 3.64. The van der Waals surface area contributed by atoms with Crippen molar-refractivity contribution in [2.24, 2.45) is 0 Å². The third-order valence-electron chi connectivity index (χ3n) is 7.59. The van der Waals surface area contributed by atoms with E-state index in [4.69, 9.17) is 14.2 Å². The predicted octanol–water partition coefficient (Wildman–Crippen LogP) is 9.66. The van der Waals surface area contributed by atoms with E-state index in [0.717, 1.165) is 37.8 Å². The summed E-state index contributed by atoms with van der Waals surface area (Å²) in [6, 6.07) is 8.80. The fraction of sp³-hybridized carbons (Fsp3) is 0.684. The molecular weight excluding hydrogens is 617 g/mol. The summed E-state index contributed by atoms with van der Waals surface area (Å²) in [7, 11) is 0. The second-order valence-corrected chi connectivity index (χ2v) is 20.3. The van der Waals surface area contributed by atoms with E-state index in [1.807, 2.05) is 23.5 Å². The normalized spacial score (nSPS) is 14.8. The molecule has 8 heteroatoms. The quantitative estimate of drug-likeness (QED) is 0.143. The summed E-state index contributed by atoms with van der Waals surface area (Å²) < 4.78 is 17.1. The minimum Gasteiger partial charge on any atom is -0.507 e. The Morgan fingerprint density at radius 1 is 0.674 bits per heavy atom. The van der Waals surface area contributed by atoms with Crippen molar-refractivity contribution in [3.8, 4) is 11.5 Å². The van der Waals surface area contributed by atoms with Crippen molar-refractivity contribution < 1.29 is 29.5 Å². The van der Waals surface area contributed by atoms with Crippen LogP contribution in [0.5, 0.6) is 11.5 Å². The zero-order valence-corrected chi connectivity index (χ0v) is 32.8. The summed E-state index contributed by atoms with van der Waals surface area (Å²) in [5.41, 5.74) is 3.28. The zero-order chi connectivity index (χ0) is 35.5. The van der Waals surface area contributed by atoms with E-state index >= 15 is 0 Å². The SMILES string of the molecule is CCOC(O)OC(CCO)COc1c(C(C)(C)C)cc(SC(C)(C)Sc2cc(C(C)(C)C)c(O)c(C(C)(C)C)c2)cc1C(C)(C)C. The van der Waals surface area contributed by atoms with Crippen LogP contribution >= 0.6 is 23.5 Å². The first-order valence-electron chi connectivity index (χ1n) is 16.4. The smallest absolute Gasteiger partial charge is 0.269 e. The van der Waals surface area contributed by atoms with Gasteiger partial charge in [-0.3, -0.25) is 0 Å². The molecule has 6 nitrogen and oxygen atoms in total. The Bertz CT molecular complexity index is 1220. The molecule has 2 rings (SSSR count). The molecule has 262 valence electrons. The number of aromatic hydroxyl groups is 1. The van der Waals surface area contributed by atoms with E-state index in [9.17, 15) is 15.3 Å². The summed E-state index contributed by atoms with van der Waals surface area (Å²) in [6.45, 7) is 31.3. The van der Waals surface area contributed by atoms with Crippen LogP contribution in [0.25, 0.3) is 0 Å². The van der Waals surface area contributed by atoms with Gasteiger partial charge in [0.15, 0.2) is 0 Å². The number of rotatable bonds is 13. The maximum Gasteiger partial charge on any atom is 0.269 e. The number of benzene rings is 2. The molecule has 46 heavy (non-hydrogen) atoms. The summed E-state index contributed by atoms with van der Waals surface area (Å²) in [5, 5.41) is 31.0. The first-order chi connectivity index (χ1) is 20.8. The number of thioether (sulfide) groups is 2. The van der Waals surface area contributed by atoms with Gasteiger partial charge in [0.25, 0.3) is 6.48 Å². The Morgan fingerprint density at radius 3 is 1.41 bits per heavy atom. The Kier molecular flexibility index (Phi) is 13.7. The van der Waals surface area contributed by atoms with Gasteiger partial charge in [-0.05, 0) is 66.7 Å². The molecule has 0 aliphatic carbocycles. The lowest BCUT2D eigenvalue weighted by atomic mass is 9.79. The standard InChI is InChI=1S/C38H62O6S2/c1-16-42-33(41)44-24(17-18-39)23-43-32-29(36(8,9)10)21-26(22-30(32)37(11,12)13)46-38(14,15)45-25-19-27(34(2,3)4)31(40)28(20-25)35(5,6)7/h19-22,24,33,39-41H,16-18,23H2,1-15H3. The molecule has 2 unspecified atom stereocenters. The molecule has 0 aliphatic heterocycles. The lowest BCUT2D eigenvalue weighted by Gasteiger charge is -2.33. The highest BCUT2D eigenvalue weighted by Gasteiger charge is 2.32. The van der Waals surface area contributed by atoms with Gasteiger partial charge >= 0.3 is 0 Å². The van der Waals surface area contributed by atoms with Crippen LogP contribution in [0.3, 0.4) is 0 Å². The Morgan fingerprint density at radius 2 is 1.07 bits per heavy atom. The highest BCUT2D eigenvalue weighted by atomic mass is 32.2. The third kappa shape index (κ3) is 11.6. The van der Waals surface area contributed by atoms with Crippen LogP contribution in [0.15, 0.2) is 34.1 Å². The van der Waals surface area contributed by atoms with Crippen molar-refractivity contribution in [2.75, 3.05) is 19.8 Å². The molecule has 2 atom stereocenters. The molecule has 0 amide bonds. The maximum absolute atomic E-state index is 11.3. The van der Waals surface area contributed by atoms with E-state index in [2.05, 4.69) is 121 Å². The highest BCUT2D eigenvalue weighted by molar-refractivity contribution is 8.18. The number of aliphatic hydroxyl groups excluding tert-OH is 2. The molecular formula is C38H62O6S2. The molecule has 0 aliphatic rings. The number of hydrogen-bond acceptors (Lipinski definition) is 8. The highest BCUT2D eigenvalue weighted by Crippen LogP contribution is 2.51. The van der Waals surface area contributed by atoms with E-state index in [0.29, 0.717) is 18.8 Å². The van der Waals surface area contributed by atoms with Crippen LogP contribution in [0, 0.1) is 0 Å². The van der Waals surface area contributed by atoms with Gasteiger partial charge in [-0.25, -0.2) is 0 Å². The van der Waals surface area contributed by atoms with Gasteiger partial charge < -0.3 is 29.5 Å². The molecule has 0 spiro atoms. The van der Waals surface area contributed by atoms with Crippen molar-refractivity contribution >= 4 is 23.5 Å². The molecule has 0 fully saturated rings. The van der Waals surface area contributed by atoms with E-state index in [1.165, 1.54) is 0 Å². The molecule has 3 N–H and O–H groups in total. The largest absolute Gasteiger partial charge is 0.507 e. The van der Waals surface area contributed by atoms with Crippen LogP contribution in [0.4, 0.5) is 0 Å². The van der Waals surface area contributed by atoms with Gasteiger partial charge in [-0.2, -0.15) is 0 Å². The molecule has 0 bridgehead atoms. The number of phenols is 1. The molecule has 2 aromatic rings. The van der Waals surface area contributed by atoms with Crippen LogP contribution in [0.2, 0.25) is 0 Å². The lowest BCUT2D eigenvalue weighted by molar-refractivity contribution is -0.283. The molecule has 0 saturated heterocycles. The second-order valence-electron chi connectivity index (χ2n) is 16.7. The number of hydrogen-bond donors (Lipinski definition) is 3. The fourth-order valence-corrected chi connectivity index (χ4v) is 7.77. The van der Waals surface area contributed by atoms with Gasteiger partial charge in [0, 0.05) is 51.7 Å². The van der Waals surface area contributed by atoms with Crippen LogP contribution in [-0.4, -0.2) is 51.8 Å². The van der Waals surface area contributed by atoms with Crippen molar-refractivity contribution in [3.63, 3.8) is 0 Å². The summed E-state index contributed by atoms with van der Waals surface area (Å²) in [5.74, 6) is 1.21. The first-order valence-corrected chi connectivity index (χ1v) is 18.1. The fourth-order valence-electron chi connectivity index (χ4n) is 5.19. The van der Waals surface area contributed by atoms with Crippen molar-refractivity contribution in [1.29, 1.82) is 0 Å². The van der Waals surface area contributed by atoms with Crippen molar-refractivity contribution in [1.82, 2.24) is 0 Å². The lowest BCUT2D eigenvalue weighted by Crippen LogP contribution is -2.31. The number of aliphatic hydroxyl groups is 2. The second kappa shape index (κ2) is 15.4. The summed E-state index contributed by atoms with van der Waals surface area (Å²) in [4.78, 5) is 2.29. The monoisotopic (exact) mass is 678 g/mol. The van der Waals surface area contributed by atoms with Gasteiger partial charge in [-0.1, -0.05) is 83.1 Å². The van der Waals surface area contributed by atoms with Crippen molar-refractivity contribution in [3.05, 3.63) is 46.5 Å².